The fraction of sp³-hybridized carbons (Fsp3) is 1.00. The Hall–Kier alpha value is 0.620. The van der Waals surface area contributed by atoms with Crippen molar-refractivity contribution in [2.75, 3.05) is 37.1 Å². The van der Waals surface area contributed by atoms with E-state index in [4.69, 9.17) is 5.21 Å². The fourth-order valence-corrected chi connectivity index (χ4v) is 1.29. The maximum Gasteiger partial charge on any atom is 0.0329 e. The van der Waals surface area contributed by atoms with Gasteiger partial charge in [-0.15, -0.1) is 0 Å². The van der Waals surface area contributed by atoms with E-state index in [-0.39, 0.29) is 0 Å². The van der Waals surface area contributed by atoms with E-state index < -0.39 is 0 Å². The number of nitrogens with zero attached hydrogens (tertiary/aromatic N) is 1. The maximum absolute atomic E-state index is 9.12. The summed E-state index contributed by atoms with van der Waals surface area (Å²) < 4.78 is 0. The number of hydrogen-bond donors (Lipinski definition) is 1. The zero-order valence-corrected chi connectivity index (χ0v) is 8.17. The zero-order chi connectivity index (χ0) is 7.82. The Balaban J connectivity index is 3.00. The van der Waals surface area contributed by atoms with Crippen LogP contribution in [-0.2, 0) is 0 Å². The minimum absolute atomic E-state index is 0.779. The topological polar surface area (TPSA) is 23.5 Å². The van der Waals surface area contributed by atoms with Crippen LogP contribution in [0.25, 0.3) is 0 Å². The Morgan fingerprint density at radius 3 is 1.80 bits per heavy atom. The van der Waals surface area contributed by atoms with Crippen molar-refractivity contribution in [3.63, 3.8) is 0 Å². The van der Waals surface area contributed by atoms with E-state index in [1.54, 1.807) is 23.5 Å². The Labute approximate surface area is 71.3 Å². The van der Waals surface area contributed by atoms with Crippen LogP contribution in [0.15, 0.2) is 0 Å². The lowest BCUT2D eigenvalue weighted by Crippen LogP contribution is -2.24. The summed E-state index contributed by atoms with van der Waals surface area (Å²) in [5.74, 6) is 2.01. The fourth-order valence-electron chi connectivity index (χ4n) is 0.505. The van der Waals surface area contributed by atoms with Crippen LogP contribution in [0.1, 0.15) is 0 Å². The molecule has 0 aromatic rings. The Bertz CT molecular complexity index is 64.8. The molecule has 0 spiro atoms. The lowest BCUT2D eigenvalue weighted by Gasteiger charge is -2.12. The van der Waals surface area contributed by atoms with Gasteiger partial charge in [-0.1, -0.05) is 0 Å². The molecule has 0 unspecified atom stereocenters. The molecule has 4 heteroatoms. The van der Waals surface area contributed by atoms with Gasteiger partial charge in [-0.3, -0.25) is 0 Å². The minimum Gasteiger partial charge on any atom is -0.314 e. The molecule has 0 rings (SSSR count). The van der Waals surface area contributed by atoms with Crippen molar-refractivity contribution in [2.24, 2.45) is 0 Å². The van der Waals surface area contributed by atoms with Gasteiger partial charge in [0.25, 0.3) is 0 Å². The van der Waals surface area contributed by atoms with Gasteiger partial charge in [-0.05, 0) is 12.5 Å². The van der Waals surface area contributed by atoms with Gasteiger partial charge < -0.3 is 5.21 Å². The van der Waals surface area contributed by atoms with Gasteiger partial charge in [-0.2, -0.15) is 28.6 Å². The second kappa shape index (κ2) is 7.72. The van der Waals surface area contributed by atoms with Crippen LogP contribution in [0.2, 0.25) is 0 Å². The summed E-state index contributed by atoms with van der Waals surface area (Å²) >= 11 is 3.51. The van der Waals surface area contributed by atoms with Crippen molar-refractivity contribution in [3.8, 4) is 0 Å². The first-order valence-corrected chi connectivity index (χ1v) is 6.01. The molecule has 0 aliphatic carbocycles. The average Bonchev–Trinajstić information content (AvgIpc) is 1.97. The van der Waals surface area contributed by atoms with Crippen molar-refractivity contribution < 1.29 is 5.21 Å². The summed E-state index contributed by atoms with van der Waals surface area (Å²) in [4.78, 5) is 0. The van der Waals surface area contributed by atoms with E-state index in [9.17, 15) is 0 Å². The standard InChI is InChI=1S/C6H15NOS2/c1-9-5-3-7(8)4-6-10-2/h8H,3-6H2,1-2H3. The molecule has 0 fully saturated rings. The van der Waals surface area contributed by atoms with Gasteiger partial charge in [-0.25, -0.2) is 0 Å². The summed E-state index contributed by atoms with van der Waals surface area (Å²) in [6.07, 6.45) is 4.09. The second-order valence-electron chi connectivity index (χ2n) is 1.94. The van der Waals surface area contributed by atoms with Crippen LogP contribution in [0.5, 0.6) is 0 Å². The third-order valence-corrected chi connectivity index (χ3v) is 2.29. The molecule has 62 valence electrons. The van der Waals surface area contributed by atoms with E-state index >= 15 is 0 Å². The number of hydroxylamine groups is 2. The molecule has 0 amide bonds. The molecule has 2 nitrogen and oxygen atoms in total. The SMILES string of the molecule is CSCCN(O)CCSC. The smallest absolute Gasteiger partial charge is 0.0329 e. The quantitative estimate of drug-likeness (QED) is 0.626. The van der Waals surface area contributed by atoms with E-state index in [0.717, 1.165) is 24.6 Å². The highest BCUT2D eigenvalue weighted by atomic mass is 32.2. The van der Waals surface area contributed by atoms with Crippen LogP contribution in [-0.4, -0.2) is 47.4 Å². The van der Waals surface area contributed by atoms with Crippen LogP contribution in [0, 0.1) is 0 Å². The van der Waals surface area contributed by atoms with Crippen molar-refractivity contribution >= 4 is 23.5 Å². The van der Waals surface area contributed by atoms with Gasteiger partial charge in [0.05, 0.1) is 0 Å². The van der Waals surface area contributed by atoms with Crippen LogP contribution < -0.4 is 0 Å². The van der Waals surface area contributed by atoms with Crippen molar-refractivity contribution in [1.29, 1.82) is 0 Å². The lowest BCUT2D eigenvalue weighted by molar-refractivity contribution is -0.0792. The van der Waals surface area contributed by atoms with E-state index in [2.05, 4.69) is 0 Å². The summed E-state index contributed by atoms with van der Waals surface area (Å²) in [7, 11) is 0. The van der Waals surface area contributed by atoms with Crippen molar-refractivity contribution in [2.45, 2.75) is 0 Å². The highest BCUT2D eigenvalue weighted by Gasteiger charge is 1.96. The third kappa shape index (κ3) is 6.74. The molecule has 0 aliphatic rings. The first-order valence-electron chi connectivity index (χ1n) is 3.23. The van der Waals surface area contributed by atoms with Gasteiger partial charge in [0.2, 0.25) is 0 Å². The summed E-state index contributed by atoms with van der Waals surface area (Å²) in [5, 5.41) is 10.5. The Morgan fingerprint density at radius 2 is 1.50 bits per heavy atom. The zero-order valence-electron chi connectivity index (χ0n) is 6.54. The predicted molar refractivity (Wildman–Crippen MR) is 50.1 cm³/mol. The summed E-state index contributed by atoms with van der Waals surface area (Å²) in [6.45, 7) is 1.56. The Kier molecular flexibility index (Phi) is 8.20. The predicted octanol–water partition coefficient (Wildman–Crippen LogP) is 1.40. The molecule has 0 saturated heterocycles. The van der Waals surface area contributed by atoms with E-state index in [1.807, 2.05) is 12.5 Å². The molecule has 0 atom stereocenters. The van der Waals surface area contributed by atoms with Crippen molar-refractivity contribution in [3.05, 3.63) is 0 Å². The second-order valence-corrected chi connectivity index (χ2v) is 3.91. The first-order chi connectivity index (χ1) is 4.81. The number of rotatable bonds is 6. The van der Waals surface area contributed by atoms with Crippen LogP contribution in [0.3, 0.4) is 0 Å². The molecule has 0 saturated carbocycles. The highest BCUT2D eigenvalue weighted by molar-refractivity contribution is 7.98. The third-order valence-electron chi connectivity index (χ3n) is 1.11. The van der Waals surface area contributed by atoms with Crippen molar-refractivity contribution in [1.82, 2.24) is 5.06 Å². The molecule has 0 radical (unpaired) electrons. The van der Waals surface area contributed by atoms with Gasteiger partial charge >= 0.3 is 0 Å². The average molecular weight is 181 g/mol. The molecular formula is C6H15NOS2. The van der Waals surface area contributed by atoms with Crippen LogP contribution >= 0.6 is 23.5 Å². The minimum atomic E-state index is 0.779. The monoisotopic (exact) mass is 181 g/mol. The first kappa shape index (κ1) is 10.6. The molecule has 0 aliphatic heterocycles. The summed E-state index contributed by atoms with van der Waals surface area (Å²) in [5.41, 5.74) is 0. The Morgan fingerprint density at radius 1 is 1.10 bits per heavy atom. The van der Waals surface area contributed by atoms with E-state index in [0.29, 0.717) is 0 Å². The number of thioether (sulfide) groups is 2. The molecule has 10 heavy (non-hydrogen) atoms. The molecule has 1 N–H and O–H groups in total. The summed E-state index contributed by atoms with van der Waals surface area (Å²) in [6, 6.07) is 0. The maximum atomic E-state index is 9.12. The number of hydrogen-bond acceptors (Lipinski definition) is 4. The van der Waals surface area contributed by atoms with E-state index in [1.165, 1.54) is 5.06 Å². The normalized spacial score (nSPS) is 10.8. The largest absolute Gasteiger partial charge is 0.314 e. The van der Waals surface area contributed by atoms with Gasteiger partial charge in [0.15, 0.2) is 0 Å². The molecule has 0 heterocycles. The van der Waals surface area contributed by atoms with Crippen LogP contribution in [0.4, 0.5) is 0 Å². The lowest BCUT2D eigenvalue weighted by atomic mass is 10.6. The highest BCUT2D eigenvalue weighted by Crippen LogP contribution is 1.95. The van der Waals surface area contributed by atoms with Gasteiger partial charge in [0, 0.05) is 24.6 Å². The molecular weight excluding hydrogens is 166 g/mol. The molecule has 0 bridgehead atoms. The molecule has 0 aromatic carbocycles. The van der Waals surface area contributed by atoms with Gasteiger partial charge in [0.1, 0.15) is 0 Å². The molecule has 0 aromatic heterocycles.